The molecule has 0 aromatic heterocycles. The van der Waals surface area contributed by atoms with E-state index < -0.39 is 0 Å². The van der Waals surface area contributed by atoms with Crippen LogP contribution in [-0.2, 0) is 0 Å². The van der Waals surface area contributed by atoms with Crippen LogP contribution in [0.25, 0.3) is 5.57 Å². The Morgan fingerprint density at radius 1 is 0.667 bits per heavy atom. The molecule has 5 aliphatic carbocycles. The Bertz CT molecular complexity index is 2390. The summed E-state index contributed by atoms with van der Waals surface area (Å²) < 4.78 is 0. The summed E-state index contributed by atoms with van der Waals surface area (Å²) in [4.78, 5) is 8.67. The van der Waals surface area contributed by atoms with Crippen molar-refractivity contribution in [2.24, 2.45) is 11.3 Å². The monoisotopic (exact) mass is 735 g/mol. The van der Waals surface area contributed by atoms with Gasteiger partial charge in [-0.25, -0.2) is 0 Å². The van der Waals surface area contributed by atoms with Gasteiger partial charge in [-0.1, -0.05) is 164 Å². The van der Waals surface area contributed by atoms with E-state index >= 15 is 0 Å². The van der Waals surface area contributed by atoms with E-state index in [4.69, 9.17) is 0 Å². The highest BCUT2D eigenvalue weighted by atomic mass is 32.2. The number of likely N-dealkylation sites (tertiary alicyclic amines) is 1. The molecule has 0 spiro atoms. The van der Waals surface area contributed by atoms with E-state index in [1.807, 2.05) is 23.5 Å². The van der Waals surface area contributed by atoms with Crippen molar-refractivity contribution < 1.29 is 0 Å². The summed E-state index contributed by atoms with van der Waals surface area (Å²) in [7, 11) is 0. The molecular weight excluding hydrogens is 691 g/mol. The number of allylic oxidation sites excluding steroid dienone is 16. The number of benzene rings is 3. The molecule has 1 saturated heterocycles. The standard InChI is InChI=1S/C51H45NS2/c1-51-32-13-12-31-45(51)52(34-19-6-3-7-20-34)50-37(25-14-26-40(50)51)36-24-16-30-44-48(36)49(47-35(23-15-29-43(47)54-44)33-17-4-2-5-18-33)46-38-21-8-10-27-41(38)53-42-28-11-9-22-39(42)46/h2-6,8-10,12-17,19,21-27,29-33,40,45-46,49-50H,7,11,18,20,28H2,1H3. The van der Waals surface area contributed by atoms with Crippen molar-refractivity contribution in [3.63, 3.8) is 0 Å². The zero-order valence-corrected chi connectivity index (χ0v) is 32.4. The van der Waals surface area contributed by atoms with Crippen LogP contribution in [0.1, 0.15) is 84.6 Å². The number of rotatable bonds is 4. The van der Waals surface area contributed by atoms with E-state index in [2.05, 4.69) is 170 Å². The topological polar surface area (TPSA) is 3.24 Å². The summed E-state index contributed by atoms with van der Waals surface area (Å²) in [6, 6.07) is 24.4. The van der Waals surface area contributed by atoms with Crippen molar-refractivity contribution in [3.05, 3.63) is 202 Å². The van der Waals surface area contributed by atoms with Gasteiger partial charge < -0.3 is 4.90 Å². The maximum Gasteiger partial charge on any atom is 0.0623 e. The molecule has 1 fully saturated rings. The van der Waals surface area contributed by atoms with Gasteiger partial charge in [-0.2, -0.15) is 0 Å². The molecule has 7 atom stereocenters. The molecule has 3 aromatic rings. The van der Waals surface area contributed by atoms with Gasteiger partial charge in [0.15, 0.2) is 0 Å². The fourth-order valence-electron chi connectivity index (χ4n) is 11.0. The minimum atomic E-state index is 0.00711. The zero-order chi connectivity index (χ0) is 35.8. The Hall–Kier alpha value is -4.44. The molecule has 0 amide bonds. The van der Waals surface area contributed by atoms with Crippen LogP contribution in [0.3, 0.4) is 0 Å². The highest BCUT2D eigenvalue weighted by Crippen LogP contribution is 2.63. The molecule has 3 heterocycles. The number of thioether (sulfide) groups is 1. The molecule has 54 heavy (non-hydrogen) atoms. The summed E-state index contributed by atoms with van der Waals surface area (Å²) in [6.07, 6.45) is 43.7. The predicted molar refractivity (Wildman–Crippen MR) is 228 cm³/mol. The predicted octanol–water partition coefficient (Wildman–Crippen LogP) is 13.4. The van der Waals surface area contributed by atoms with Crippen LogP contribution in [-0.4, -0.2) is 17.0 Å². The highest BCUT2D eigenvalue weighted by molar-refractivity contribution is 8.03. The van der Waals surface area contributed by atoms with Crippen LogP contribution < -0.4 is 0 Å². The second kappa shape index (κ2) is 13.1. The van der Waals surface area contributed by atoms with Crippen LogP contribution in [0, 0.1) is 11.3 Å². The second-order valence-corrected chi connectivity index (χ2v) is 18.4. The molecule has 266 valence electrons. The lowest BCUT2D eigenvalue weighted by atomic mass is 9.66. The van der Waals surface area contributed by atoms with Crippen LogP contribution in [0.4, 0.5) is 0 Å². The molecular formula is C51H45NS2. The summed E-state index contributed by atoms with van der Waals surface area (Å²) in [5.74, 6) is 1.13. The van der Waals surface area contributed by atoms with E-state index in [0.717, 1.165) is 32.1 Å². The Morgan fingerprint density at radius 2 is 1.50 bits per heavy atom. The summed E-state index contributed by atoms with van der Waals surface area (Å²) in [5, 5.41) is 0. The number of nitrogens with zero attached hydrogens (tertiary/aromatic N) is 1. The zero-order valence-electron chi connectivity index (χ0n) is 30.8. The Labute approximate surface area is 329 Å². The SMILES string of the molecule is CC12C=CC=CC1N(C1=CC=CCC1)C1C(c3cccc4c3C(C3C5=C(CCC=C5)Sc5ccccc53)c3c(cccc3C3C=CC=CC3)S4)=CC=CC12. The number of hydrogen-bond donors (Lipinski definition) is 0. The highest BCUT2D eigenvalue weighted by Gasteiger charge is 2.56. The fourth-order valence-corrected chi connectivity index (χ4v) is 13.5. The quantitative estimate of drug-likeness (QED) is 0.263. The molecule has 3 aromatic carbocycles. The van der Waals surface area contributed by atoms with Crippen molar-refractivity contribution in [2.45, 2.75) is 83.6 Å². The third-order valence-corrected chi connectivity index (χ3v) is 15.8. The second-order valence-electron chi connectivity index (χ2n) is 16.2. The van der Waals surface area contributed by atoms with E-state index in [-0.39, 0.29) is 23.3 Å². The molecule has 0 radical (unpaired) electrons. The van der Waals surface area contributed by atoms with E-state index in [0.29, 0.717) is 17.9 Å². The van der Waals surface area contributed by atoms with Crippen molar-refractivity contribution >= 4 is 29.1 Å². The van der Waals surface area contributed by atoms with Gasteiger partial charge in [0.1, 0.15) is 0 Å². The smallest absolute Gasteiger partial charge is 0.0623 e. The molecule has 0 bridgehead atoms. The first kappa shape index (κ1) is 32.9. The van der Waals surface area contributed by atoms with Gasteiger partial charge >= 0.3 is 0 Å². The molecule has 1 nitrogen and oxygen atoms in total. The average molecular weight is 736 g/mol. The summed E-state index contributed by atoms with van der Waals surface area (Å²) >= 11 is 4.03. The number of hydrogen-bond acceptors (Lipinski definition) is 3. The average Bonchev–Trinajstić information content (AvgIpc) is 3.51. The van der Waals surface area contributed by atoms with E-state index in [9.17, 15) is 0 Å². The first-order chi connectivity index (χ1) is 26.7. The van der Waals surface area contributed by atoms with Crippen molar-refractivity contribution in [1.82, 2.24) is 4.90 Å². The molecule has 3 aliphatic heterocycles. The Kier molecular flexibility index (Phi) is 7.99. The first-order valence-corrected chi connectivity index (χ1v) is 21.6. The normalized spacial score (nSPS) is 30.9. The van der Waals surface area contributed by atoms with Crippen LogP contribution in [0.2, 0.25) is 0 Å². The van der Waals surface area contributed by atoms with Crippen LogP contribution in [0.5, 0.6) is 0 Å². The van der Waals surface area contributed by atoms with E-state index in [1.54, 1.807) is 10.5 Å². The lowest BCUT2D eigenvalue weighted by Crippen LogP contribution is -2.39. The van der Waals surface area contributed by atoms with E-state index in [1.165, 1.54) is 53.8 Å². The molecule has 11 rings (SSSR count). The van der Waals surface area contributed by atoms with Crippen molar-refractivity contribution in [2.75, 3.05) is 0 Å². The van der Waals surface area contributed by atoms with Gasteiger partial charge in [-0.05, 0) is 100 Å². The largest absolute Gasteiger partial charge is 0.360 e. The lowest BCUT2D eigenvalue weighted by molar-refractivity contribution is 0.266. The minimum Gasteiger partial charge on any atom is -0.360 e. The summed E-state index contributed by atoms with van der Waals surface area (Å²) in [5.41, 5.74) is 12.0. The number of fused-ring (bicyclic) bond motifs is 6. The Morgan fingerprint density at radius 3 is 2.39 bits per heavy atom. The molecule has 7 unspecified atom stereocenters. The molecule has 8 aliphatic rings. The lowest BCUT2D eigenvalue weighted by Gasteiger charge is -2.43. The van der Waals surface area contributed by atoms with Gasteiger partial charge in [0.25, 0.3) is 0 Å². The van der Waals surface area contributed by atoms with Gasteiger partial charge in [-0.3, -0.25) is 0 Å². The van der Waals surface area contributed by atoms with Gasteiger partial charge in [0.05, 0.1) is 12.1 Å². The maximum absolute atomic E-state index is 2.84. The van der Waals surface area contributed by atoms with Gasteiger partial charge in [0, 0.05) is 49.5 Å². The molecule has 0 saturated carbocycles. The minimum absolute atomic E-state index is 0.00711. The molecule has 3 heteroatoms. The van der Waals surface area contributed by atoms with Crippen LogP contribution >= 0.6 is 23.5 Å². The summed E-state index contributed by atoms with van der Waals surface area (Å²) in [6.45, 7) is 2.51. The van der Waals surface area contributed by atoms with Gasteiger partial charge in [0.2, 0.25) is 0 Å². The fraction of sp³-hybridized carbons (Fsp3) is 0.255. The molecule has 0 N–H and O–H groups in total. The third kappa shape index (κ3) is 5.00. The third-order valence-electron chi connectivity index (χ3n) is 13.4. The van der Waals surface area contributed by atoms with Crippen LogP contribution in [0.15, 0.2) is 189 Å². The van der Waals surface area contributed by atoms with Crippen molar-refractivity contribution in [3.8, 4) is 0 Å². The van der Waals surface area contributed by atoms with Crippen molar-refractivity contribution in [1.29, 1.82) is 0 Å². The van der Waals surface area contributed by atoms with Gasteiger partial charge in [-0.15, -0.1) is 0 Å². The Balaban J connectivity index is 1.17. The maximum atomic E-state index is 2.84. The first-order valence-electron chi connectivity index (χ1n) is 20.0.